The molecule has 2 N–H and O–H groups in total. The zero-order chi connectivity index (χ0) is 26.7. The van der Waals surface area contributed by atoms with Crippen molar-refractivity contribution in [1.82, 2.24) is 9.97 Å². The van der Waals surface area contributed by atoms with Crippen molar-refractivity contribution in [2.24, 2.45) is 5.41 Å². The van der Waals surface area contributed by atoms with Crippen LogP contribution in [0.1, 0.15) is 67.4 Å². The molecule has 4 aliphatic rings. The molecule has 38 heavy (non-hydrogen) atoms. The minimum atomic E-state index is -2.91. The van der Waals surface area contributed by atoms with Crippen molar-refractivity contribution in [3.63, 3.8) is 0 Å². The van der Waals surface area contributed by atoms with E-state index in [0.717, 1.165) is 38.8 Å². The second-order valence-corrected chi connectivity index (χ2v) is 13.8. The molecule has 1 aromatic carbocycles. The van der Waals surface area contributed by atoms with E-state index in [1.807, 2.05) is 0 Å². The third-order valence-electron chi connectivity index (χ3n) is 8.54. The van der Waals surface area contributed by atoms with Crippen LogP contribution < -0.4 is 15.1 Å². The Bertz CT molecular complexity index is 1350. The molecule has 1 amide bonds. The van der Waals surface area contributed by atoms with Crippen molar-refractivity contribution >= 4 is 33.1 Å². The molecule has 2 aliphatic heterocycles. The number of anilines is 3. The lowest BCUT2D eigenvalue weighted by Crippen LogP contribution is -2.40. The smallest absolute Gasteiger partial charge is 0.258 e. The zero-order valence-electron chi connectivity index (χ0n) is 21.6. The van der Waals surface area contributed by atoms with Crippen LogP contribution in [0.5, 0.6) is 0 Å². The lowest BCUT2D eigenvalue weighted by Gasteiger charge is -2.35. The number of amides is 1. The molecule has 0 radical (unpaired) electrons. The van der Waals surface area contributed by atoms with Gasteiger partial charge >= 0.3 is 0 Å². The van der Waals surface area contributed by atoms with Crippen LogP contribution in [0.2, 0.25) is 0 Å². The second-order valence-electron chi connectivity index (χ2n) is 11.5. The van der Waals surface area contributed by atoms with E-state index >= 15 is 0 Å². The molecule has 2 aliphatic carbocycles. The number of aryl methyl sites for hydroxylation is 1. The molecular weight excluding hydrogens is 510 g/mol. The van der Waals surface area contributed by atoms with Gasteiger partial charge in [0.2, 0.25) is 5.95 Å². The molecule has 2 aromatic rings. The van der Waals surface area contributed by atoms with Crippen molar-refractivity contribution in [3.8, 4) is 0 Å². The molecule has 4 fully saturated rings. The van der Waals surface area contributed by atoms with Crippen LogP contribution in [-0.4, -0.2) is 57.4 Å². The fourth-order valence-electron chi connectivity index (χ4n) is 5.62. The molecule has 1 spiro atoms. The van der Waals surface area contributed by atoms with Gasteiger partial charge < -0.3 is 15.1 Å². The number of rotatable bonds is 6. The van der Waals surface area contributed by atoms with E-state index in [0.29, 0.717) is 39.0 Å². The van der Waals surface area contributed by atoms with Gasteiger partial charge in [-0.1, -0.05) is 0 Å². The van der Waals surface area contributed by atoms with Crippen molar-refractivity contribution < 1.29 is 17.8 Å². The molecule has 2 saturated carbocycles. The molecule has 1 aromatic heterocycles. The van der Waals surface area contributed by atoms with Gasteiger partial charge in [0, 0.05) is 60.9 Å². The highest BCUT2D eigenvalue weighted by molar-refractivity contribution is 7.93. The van der Waals surface area contributed by atoms with Gasteiger partial charge in [0.15, 0.2) is 0 Å². The van der Waals surface area contributed by atoms with Gasteiger partial charge in [-0.15, -0.1) is 0 Å². The number of carbonyl (C=O) groups excluding carboxylic acids is 1. The number of carbonyl (C=O) groups is 1. The Hall–Kier alpha value is -2.82. The van der Waals surface area contributed by atoms with Gasteiger partial charge in [-0.3, -0.25) is 4.79 Å². The van der Waals surface area contributed by atoms with E-state index in [9.17, 15) is 17.8 Å². The van der Waals surface area contributed by atoms with Gasteiger partial charge in [-0.2, -0.15) is 4.98 Å². The summed E-state index contributed by atoms with van der Waals surface area (Å²) < 4.78 is 49.0. The van der Waals surface area contributed by atoms with E-state index in [-0.39, 0.29) is 37.1 Å². The minimum Gasteiger partial charge on any atom is -0.371 e. The van der Waals surface area contributed by atoms with E-state index < -0.39 is 15.7 Å². The number of hydrogen-bond donors (Lipinski definition) is 2. The molecule has 1 atom stereocenters. The van der Waals surface area contributed by atoms with Gasteiger partial charge in [0.05, 0.1) is 21.0 Å². The summed E-state index contributed by atoms with van der Waals surface area (Å²) in [6.07, 6.45) is 5.77. The average molecular weight is 545 g/mol. The number of aromatic nitrogens is 2. The Morgan fingerprint density at radius 3 is 2.29 bits per heavy atom. The summed E-state index contributed by atoms with van der Waals surface area (Å²) in [5.41, 5.74) is 2.24. The third kappa shape index (κ3) is 5.09. The van der Waals surface area contributed by atoms with Crippen LogP contribution in [0.25, 0.3) is 0 Å². The van der Waals surface area contributed by atoms with Crippen LogP contribution >= 0.6 is 0 Å². The molecule has 204 valence electrons. The maximum absolute atomic E-state index is 13.6. The summed E-state index contributed by atoms with van der Waals surface area (Å²) in [6, 6.07) is 6.79. The highest BCUT2D eigenvalue weighted by Crippen LogP contribution is 2.54. The van der Waals surface area contributed by atoms with Crippen molar-refractivity contribution in [2.75, 3.05) is 41.3 Å². The van der Waals surface area contributed by atoms with Crippen molar-refractivity contribution in [3.05, 3.63) is 35.5 Å². The van der Waals surface area contributed by atoms with Gasteiger partial charge in [-0.05, 0) is 69.1 Å². The summed E-state index contributed by atoms with van der Waals surface area (Å²) in [6.45, 7) is 3.73. The van der Waals surface area contributed by atoms with Crippen LogP contribution in [0.4, 0.5) is 26.2 Å². The number of piperidine rings is 2. The van der Waals surface area contributed by atoms with Gasteiger partial charge in [0.25, 0.3) is 11.8 Å². The second kappa shape index (κ2) is 9.14. The Labute approximate surface area is 222 Å². The largest absolute Gasteiger partial charge is 0.371 e. The first-order chi connectivity index (χ1) is 18.0. The van der Waals surface area contributed by atoms with Crippen LogP contribution in [0, 0.1) is 17.1 Å². The van der Waals surface area contributed by atoms with E-state index in [1.165, 1.54) is 12.8 Å². The highest BCUT2D eigenvalue weighted by Gasteiger charge is 2.45. The van der Waals surface area contributed by atoms with Crippen LogP contribution in [0.15, 0.2) is 29.2 Å². The number of benzene rings is 1. The average Bonchev–Trinajstić information content (AvgIpc) is 3.80. The molecule has 0 bridgehead atoms. The van der Waals surface area contributed by atoms with Gasteiger partial charge in [-0.25, -0.2) is 22.8 Å². The highest BCUT2D eigenvalue weighted by atomic mass is 32.2. The summed E-state index contributed by atoms with van der Waals surface area (Å²) >= 11 is 0. The van der Waals surface area contributed by atoms with Crippen LogP contribution in [0.3, 0.4) is 0 Å². The molecule has 3 heterocycles. The van der Waals surface area contributed by atoms with E-state index in [1.54, 1.807) is 36.1 Å². The van der Waals surface area contributed by atoms with E-state index in [2.05, 4.69) is 20.2 Å². The lowest BCUT2D eigenvalue weighted by atomic mass is 9.93. The van der Waals surface area contributed by atoms with Crippen molar-refractivity contribution in [2.45, 2.75) is 74.4 Å². The first-order valence-corrected chi connectivity index (χ1v) is 15.1. The SMILES string of the molecule is Cc1cc(NC(=O)c2ccc([S@@](=N)(=O)C3CC3)cc2N2CCC3(CC2)CC3)nc(N2CCC(F)(F)CC2)n1. The number of alkyl halides is 2. The molecule has 6 rings (SSSR count). The minimum absolute atomic E-state index is 0.108. The summed E-state index contributed by atoms with van der Waals surface area (Å²) in [5, 5.41) is 2.78. The monoisotopic (exact) mass is 544 g/mol. The number of nitrogens with zero attached hydrogens (tertiary/aromatic N) is 4. The number of nitrogens with one attached hydrogen (secondary N) is 2. The van der Waals surface area contributed by atoms with Gasteiger partial charge in [0.1, 0.15) is 5.82 Å². The summed E-state index contributed by atoms with van der Waals surface area (Å²) in [5.74, 6) is -2.39. The standard InChI is InChI=1S/C27H34F2N6O2S/c1-18-16-23(33-25(31-18)35-14-10-27(28,29)11-15-35)32-24(36)21-5-4-20(38(30,37)19-2-3-19)17-22(21)34-12-8-26(6-7-26)9-13-34/h4-5,16-17,19,30H,2-3,6-15H2,1H3,(H,31,32,33,36)/t38-/m0/s1. The normalized spacial score (nSPS) is 23.7. The first-order valence-electron chi connectivity index (χ1n) is 13.5. The predicted molar refractivity (Wildman–Crippen MR) is 143 cm³/mol. The zero-order valence-corrected chi connectivity index (χ0v) is 22.5. The molecule has 2 saturated heterocycles. The summed E-state index contributed by atoms with van der Waals surface area (Å²) in [7, 11) is -2.91. The van der Waals surface area contributed by atoms with Crippen LogP contribution in [-0.2, 0) is 9.73 Å². The van der Waals surface area contributed by atoms with E-state index in [4.69, 9.17) is 4.78 Å². The predicted octanol–water partition coefficient (Wildman–Crippen LogP) is 5.22. The Morgan fingerprint density at radius 1 is 1.00 bits per heavy atom. The fourth-order valence-corrected chi connectivity index (χ4v) is 7.36. The van der Waals surface area contributed by atoms with Crippen molar-refractivity contribution in [1.29, 1.82) is 4.78 Å². The third-order valence-corrected chi connectivity index (χ3v) is 10.9. The lowest BCUT2D eigenvalue weighted by molar-refractivity contribution is -0.0222. The number of hydrogen-bond acceptors (Lipinski definition) is 7. The molecule has 8 nitrogen and oxygen atoms in total. The Morgan fingerprint density at radius 2 is 1.66 bits per heavy atom. The first kappa shape index (κ1) is 25.5. The Kier molecular flexibility index (Phi) is 6.12. The fraction of sp³-hybridized carbons (Fsp3) is 0.593. The quantitative estimate of drug-likeness (QED) is 0.517. The number of halogens is 2. The maximum atomic E-state index is 13.6. The topological polar surface area (TPSA) is 102 Å². The molecule has 0 unspecified atom stereocenters. The summed E-state index contributed by atoms with van der Waals surface area (Å²) in [4.78, 5) is 26.9. The molecule has 11 heteroatoms. The maximum Gasteiger partial charge on any atom is 0.258 e. The Balaban J connectivity index is 1.27. The molecular formula is C27H34F2N6O2S.